The fraction of sp³-hybridized carbons (Fsp3) is 0.577. The first-order chi connectivity index (χ1) is 15.7. The number of aryl methyl sites for hydroxylation is 1. The average Bonchev–Trinajstić information content (AvgIpc) is 2.67. The van der Waals surface area contributed by atoms with Crippen molar-refractivity contribution in [2.24, 2.45) is 5.92 Å². The van der Waals surface area contributed by atoms with Crippen molar-refractivity contribution in [1.82, 2.24) is 15.5 Å². The number of carbonyl (C=O) groups excluding carboxylic acids is 3. The number of hydrogen-bond donors (Lipinski definition) is 3. The number of aromatic hydroxyl groups is 1. The topological polar surface area (TPSA) is 108 Å². The monoisotopic (exact) mass is 475 g/mol. The normalized spacial score (nSPS) is 13.2. The lowest BCUT2D eigenvalue weighted by molar-refractivity contribution is -0.142. The van der Waals surface area contributed by atoms with Crippen molar-refractivity contribution in [3.05, 3.63) is 42.0 Å². The van der Waals surface area contributed by atoms with E-state index < -0.39 is 35.6 Å². The van der Waals surface area contributed by atoms with Crippen LogP contribution in [0.2, 0.25) is 0 Å². The van der Waals surface area contributed by atoms with E-state index in [4.69, 9.17) is 4.74 Å². The number of phenolic OH excluding ortho intramolecular Hbond substituents is 1. The summed E-state index contributed by atoms with van der Waals surface area (Å²) in [6.07, 6.45) is 1.14. The van der Waals surface area contributed by atoms with Crippen LogP contribution < -0.4 is 10.6 Å². The summed E-state index contributed by atoms with van der Waals surface area (Å²) in [5, 5.41) is 16.3. The first kappa shape index (κ1) is 29.0. The lowest BCUT2D eigenvalue weighted by Crippen LogP contribution is -2.53. The van der Waals surface area contributed by atoms with E-state index in [1.807, 2.05) is 27.7 Å². The van der Waals surface area contributed by atoms with Crippen molar-refractivity contribution in [3.63, 3.8) is 0 Å². The van der Waals surface area contributed by atoms with E-state index in [2.05, 4.69) is 17.2 Å². The highest BCUT2D eigenvalue weighted by atomic mass is 16.6. The van der Waals surface area contributed by atoms with Gasteiger partial charge in [-0.15, -0.1) is 6.58 Å². The molecule has 8 nitrogen and oxygen atoms in total. The molecule has 2 unspecified atom stereocenters. The second-order valence-electron chi connectivity index (χ2n) is 10.2. The maximum Gasteiger partial charge on any atom is 0.408 e. The average molecular weight is 476 g/mol. The van der Waals surface area contributed by atoms with Crippen LogP contribution in [0.4, 0.5) is 4.79 Å². The Morgan fingerprint density at radius 3 is 2.26 bits per heavy atom. The van der Waals surface area contributed by atoms with Crippen LogP contribution in [0.5, 0.6) is 5.75 Å². The number of ether oxygens (including phenoxy) is 1. The summed E-state index contributed by atoms with van der Waals surface area (Å²) in [6, 6.07) is 2.82. The number of hydrogen-bond acceptors (Lipinski definition) is 5. The van der Waals surface area contributed by atoms with E-state index in [0.29, 0.717) is 17.5 Å². The second kappa shape index (κ2) is 12.4. The van der Waals surface area contributed by atoms with Crippen molar-refractivity contribution in [1.29, 1.82) is 0 Å². The molecule has 1 rings (SSSR count). The van der Waals surface area contributed by atoms with Gasteiger partial charge in [0.05, 0.1) is 0 Å². The zero-order valence-electron chi connectivity index (χ0n) is 21.8. The summed E-state index contributed by atoms with van der Waals surface area (Å²) in [7, 11) is 0. The number of amides is 3. The smallest absolute Gasteiger partial charge is 0.408 e. The third-order valence-electron chi connectivity index (χ3n) is 4.86. The van der Waals surface area contributed by atoms with Crippen molar-refractivity contribution in [2.45, 2.75) is 85.5 Å². The summed E-state index contributed by atoms with van der Waals surface area (Å²) in [4.78, 5) is 41.0. The van der Waals surface area contributed by atoms with Gasteiger partial charge >= 0.3 is 6.09 Å². The fourth-order valence-corrected chi connectivity index (χ4v) is 3.52. The molecule has 0 aromatic heterocycles. The van der Waals surface area contributed by atoms with Crippen LogP contribution in [-0.4, -0.2) is 52.1 Å². The molecule has 0 aliphatic rings. The van der Waals surface area contributed by atoms with Crippen LogP contribution in [-0.2, 0) is 14.3 Å². The Balaban J connectivity index is 3.51. The van der Waals surface area contributed by atoms with Crippen LogP contribution in [0.3, 0.4) is 0 Å². The summed E-state index contributed by atoms with van der Waals surface area (Å²) in [5.41, 5.74) is 0.147. The Morgan fingerprint density at radius 2 is 1.76 bits per heavy atom. The van der Waals surface area contributed by atoms with Crippen molar-refractivity contribution in [3.8, 4) is 5.75 Å². The van der Waals surface area contributed by atoms with Crippen LogP contribution in [0, 0.1) is 12.8 Å². The van der Waals surface area contributed by atoms with E-state index in [9.17, 15) is 19.5 Å². The van der Waals surface area contributed by atoms with E-state index in [1.165, 1.54) is 11.0 Å². The molecule has 34 heavy (non-hydrogen) atoms. The summed E-state index contributed by atoms with van der Waals surface area (Å²) < 4.78 is 5.36. The molecule has 3 amide bonds. The van der Waals surface area contributed by atoms with E-state index in [-0.39, 0.29) is 24.3 Å². The number of phenols is 1. The van der Waals surface area contributed by atoms with E-state index in [0.717, 1.165) is 0 Å². The molecule has 0 spiro atoms. The quantitative estimate of drug-likeness (QED) is 0.439. The minimum absolute atomic E-state index is 0.0347. The first-order valence-corrected chi connectivity index (χ1v) is 11.7. The SMILES string of the molecule is C=CCN(C(=O)C(CC(C)C)NC(=O)OC(C)(C)C)C(C(=O)NC(C)C)c1cccc(C)c1O. The van der Waals surface area contributed by atoms with Crippen molar-refractivity contribution < 1.29 is 24.2 Å². The Hall–Kier alpha value is -3.03. The van der Waals surface area contributed by atoms with Gasteiger partial charge in [0.1, 0.15) is 23.4 Å². The van der Waals surface area contributed by atoms with Gasteiger partial charge in [0.25, 0.3) is 0 Å². The Bertz CT molecular complexity index is 874. The first-order valence-electron chi connectivity index (χ1n) is 11.7. The second-order valence-corrected chi connectivity index (χ2v) is 10.2. The predicted molar refractivity (Wildman–Crippen MR) is 133 cm³/mol. The molecule has 0 fully saturated rings. The number of rotatable bonds is 10. The Morgan fingerprint density at radius 1 is 1.15 bits per heavy atom. The zero-order valence-corrected chi connectivity index (χ0v) is 21.8. The number of alkyl carbamates (subject to hydrolysis) is 1. The maximum absolute atomic E-state index is 13.8. The number of nitrogens with zero attached hydrogens (tertiary/aromatic N) is 1. The van der Waals surface area contributed by atoms with Crippen LogP contribution in [0.25, 0.3) is 0 Å². The van der Waals surface area contributed by atoms with Gasteiger partial charge in [-0.3, -0.25) is 9.59 Å². The highest BCUT2D eigenvalue weighted by Gasteiger charge is 2.37. The predicted octanol–water partition coefficient (Wildman–Crippen LogP) is 4.22. The molecule has 0 bridgehead atoms. The molecule has 0 aliphatic carbocycles. The summed E-state index contributed by atoms with van der Waals surface area (Å²) in [6.45, 7) is 18.2. The third-order valence-corrected chi connectivity index (χ3v) is 4.86. The molecule has 0 heterocycles. The number of nitrogens with one attached hydrogen (secondary N) is 2. The third kappa shape index (κ3) is 8.72. The fourth-order valence-electron chi connectivity index (χ4n) is 3.52. The van der Waals surface area contributed by atoms with E-state index >= 15 is 0 Å². The molecule has 2 atom stereocenters. The Labute approximate surface area is 203 Å². The molecule has 0 saturated heterocycles. The van der Waals surface area contributed by atoms with Gasteiger partial charge in [-0.2, -0.15) is 0 Å². The van der Waals surface area contributed by atoms with Crippen molar-refractivity contribution >= 4 is 17.9 Å². The molecule has 190 valence electrons. The van der Waals surface area contributed by atoms with Gasteiger partial charge in [-0.05, 0) is 59.4 Å². The standard InChI is InChI=1S/C26H41N3O5/c1-10-14-29(24(32)20(15-16(2)3)28-25(33)34-26(7,8)9)21(23(31)27-17(4)5)19-13-11-12-18(6)22(19)30/h10-13,16-17,20-21,30H,1,14-15H2,2-9H3,(H,27,31)(H,28,33). The van der Waals surface area contributed by atoms with E-state index in [1.54, 1.807) is 45.9 Å². The number of carbonyl (C=O) groups is 3. The minimum atomic E-state index is -1.12. The lowest BCUT2D eigenvalue weighted by Gasteiger charge is -2.35. The zero-order chi connectivity index (χ0) is 26.2. The summed E-state index contributed by atoms with van der Waals surface area (Å²) >= 11 is 0. The van der Waals surface area contributed by atoms with Gasteiger partial charge in [0, 0.05) is 18.2 Å². The number of para-hydroxylation sites is 1. The highest BCUT2D eigenvalue weighted by Crippen LogP contribution is 2.32. The largest absolute Gasteiger partial charge is 0.507 e. The Kier molecular flexibility index (Phi) is 10.6. The highest BCUT2D eigenvalue weighted by molar-refractivity contribution is 5.92. The lowest BCUT2D eigenvalue weighted by atomic mass is 9.97. The number of benzene rings is 1. The molecule has 0 saturated carbocycles. The molecule has 3 N–H and O–H groups in total. The van der Waals surface area contributed by atoms with Gasteiger partial charge in [-0.25, -0.2) is 4.79 Å². The maximum atomic E-state index is 13.8. The minimum Gasteiger partial charge on any atom is -0.507 e. The summed E-state index contributed by atoms with van der Waals surface area (Å²) in [5.74, 6) is -0.894. The van der Waals surface area contributed by atoms with Gasteiger partial charge < -0.3 is 25.4 Å². The molecule has 1 aromatic carbocycles. The molecule has 0 radical (unpaired) electrons. The molecule has 1 aromatic rings. The van der Waals surface area contributed by atoms with Gasteiger partial charge in [0.2, 0.25) is 11.8 Å². The molecule has 0 aliphatic heterocycles. The van der Waals surface area contributed by atoms with Crippen LogP contribution in [0.15, 0.2) is 30.9 Å². The molecular weight excluding hydrogens is 434 g/mol. The van der Waals surface area contributed by atoms with Crippen molar-refractivity contribution in [2.75, 3.05) is 6.54 Å². The molecular formula is C26H41N3O5. The molecule has 8 heteroatoms. The van der Waals surface area contributed by atoms with Gasteiger partial charge in [-0.1, -0.05) is 38.1 Å². The van der Waals surface area contributed by atoms with Gasteiger partial charge in [0.15, 0.2) is 0 Å². The van der Waals surface area contributed by atoms with Crippen LogP contribution in [0.1, 0.15) is 72.1 Å². The van der Waals surface area contributed by atoms with Crippen LogP contribution >= 0.6 is 0 Å².